The van der Waals surface area contributed by atoms with Crippen molar-refractivity contribution in [2.24, 2.45) is 0 Å². The topological polar surface area (TPSA) is 89.2 Å². The number of carbonyl (C=O) groups excluding carboxylic acids is 2. The van der Waals surface area contributed by atoms with Crippen LogP contribution in [0.4, 0.5) is 0 Å². The molecule has 0 saturated carbocycles. The zero-order valence-corrected chi connectivity index (χ0v) is 20.3. The van der Waals surface area contributed by atoms with E-state index in [4.69, 9.17) is 13.9 Å². The Balaban J connectivity index is 1.73. The van der Waals surface area contributed by atoms with Crippen LogP contribution in [0.1, 0.15) is 49.3 Å². The number of hydrogen-bond acceptors (Lipinski definition) is 6. The van der Waals surface area contributed by atoms with Gasteiger partial charge in [-0.05, 0) is 81.3 Å². The molecule has 1 aliphatic heterocycles. The summed E-state index contributed by atoms with van der Waals surface area (Å²) in [5.74, 6) is 0.107. The molecule has 1 fully saturated rings. The minimum Gasteiger partial charge on any atom is -0.507 e. The third-order valence-corrected chi connectivity index (χ3v) is 5.75. The van der Waals surface area contributed by atoms with Gasteiger partial charge in [-0.15, -0.1) is 0 Å². The van der Waals surface area contributed by atoms with Crippen molar-refractivity contribution in [3.63, 3.8) is 0 Å². The predicted molar refractivity (Wildman–Crippen MR) is 131 cm³/mol. The Hall–Kier alpha value is -4.00. The number of aryl methyl sites for hydroxylation is 1. The molecule has 1 aromatic heterocycles. The molecule has 1 atom stereocenters. The maximum absolute atomic E-state index is 13.2. The smallest absolute Gasteiger partial charge is 0.296 e. The Bertz CT molecular complexity index is 1240. The van der Waals surface area contributed by atoms with E-state index in [1.165, 1.54) is 11.2 Å². The van der Waals surface area contributed by atoms with Crippen molar-refractivity contribution in [1.82, 2.24) is 4.90 Å². The van der Waals surface area contributed by atoms with Gasteiger partial charge >= 0.3 is 0 Å². The minimum atomic E-state index is -0.858. The summed E-state index contributed by atoms with van der Waals surface area (Å²) in [7, 11) is 0. The summed E-state index contributed by atoms with van der Waals surface area (Å²) >= 11 is 0. The Morgan fingerprint density at radius 2 is 1.86 bits per heavy atom. The summed E-state index contributed by atoms with van der Waals surface area (Å²) in [4.78, 5) is 27.7. The summed E-state index contributed by atoms with van der Waals surface area (Å²) in [6.07, 6.45) is 1.48. The predicted octanol–water partition coefficient (Wildman–Crippen LogP) is 5.40. The molecule has 1 aliphatic rings. The zero-order chi connectivity index (χ0) is 25.1. The molecule has 3 aromatic rings. The maximum atomic E-state index is 13.2. The second kappa shape index (κ2) is 10.1. The number of furan rings is 1. The van der Waals surface area contributed by atoms with E-state index in [-0.39, 0.29) is 24.0 Å². The van der Waals surface area contributed by atoms with Crippen LogP contribution in [0.25, 0.3) is 5.76 Å². The number of rotatable bonds is 8. The van der Waals surface area contributed by atoms with E-state index in [2.05, 4.69) is 0 Å². The van der Waals surface area contributed by atoms with Crippen molar-refractivity contribution in [3.05, 3.63) is 88.9 Å². The number of Topliss-reactive ketones (excluding diaryl/α,β-unsaturated/α-hetero) is 1. The summed E-state index contributed by atoms with van der Waals surface area (Å²) < 4.78 is 16.9. The van der Waals surface area contributed by atoms with Crippen LogP contribution in [-0.4, -0.2) is 34.4 Å². The molecule has 182 valence electrons. The first-order chi connectivity index (χ1) is 16.8. The van der Waals surface area contributed by atoms with Gasteiger partial charge in [0, 0.05) is 12.1 Å². The van der Waals surface area contributed by atoms with E-state index in [0.29, 0.717) is 23.7 Å². The highest BCUT2D eigenvalue weighted by Gasteiger charge is 2.47. The molecular weight excluding hydrogens is 446 g/mol. The molecule has 0 aliphatic carbocycles. The van der Waals surface area contributed by atoms with E-state index in [1.54, 1.807) is 30.3 Å². The number of benzene rings is 2. The average molecular weight is 476 g/mol. The van der Waals surface area contributed by atoms with Crippen LogP contribution in [0.3, 0.4) is 0 Å². The molecule has 0 bridgehead atoms. The molecule has 7 heteroatoms. The number of carbonyl (C=O) groups is 2. The molecular formula is C28H29NO6. The molecule has 1 unspecified atom stereocenters. The summed E-state index contributed by atoms with van der Waals surface area (Å²) in [6.45, 7) is 8.35. The molecule has 7 nitrogen and oxygen atoms in total. The van der Waals surface area contributed by atoms with E-state index >= 15 is 0 Å². The van der Waals surface area contributed by atoms with Gasteiger partial charge < -0.3 is 23.9 Å². The molecule has 0 spiro atoms. The van der Waals surface area contributed by atoms with E-state index < -0.39 is 17.7 Å². The normalized spacial score (nSPS) is 17.3. The van der Waals surface area contributed by atoms with Gasteiger partial charge in [0.05, 0.1) is 24.5 Å². The minimum absolute atomic E-state index is 0.0000231. The fourth-order valence-corrected chi connectivity index (χ4v) is 4.18. The van der Waals surface area contributed by atoms with Crippen molar-refractivity contribution in [3.8, 4) is 11.5 Å². The van der Waals surface area contributed by atoms with E-state index in [0.717, 1.165) is 16.9 Å². The highest BCUT2D eigenvalue weighted by molar-refractivity contribution is 6.46. The van der Waals surface area contributed by atoms with Crippen LogP contribution >= 0.6 is 0 Å². The Kier molecular flexibility index (Phi) is 6.96. The van der Waals surface area contributed by atoms with Crippen LogP contribution in [0.5, 0.6) is 11.5 Å². The summed E-state index contributed by atoms with van der Waals surface area (Å²) in [6, 6.07) is 15.0. The third-order valence-electron chi connectivity index (χ3n) is 5.75. The van der Waals surface area contributed by atoms with Gasteiger partial charge in [0.2, 0.25) is 0 Å². The lowest BCUT2D eigenvalue weighted by Crippen LogP contribution is -2.29. The lowest BCUT2D eigenvalue weighted by Gasteiger charge is -2.23. The Morgan fingerprint density at radius 1 is 1.11 bits per heavy atom. The number of hydrogen-bond donors (Lipinski definition) is 1. The van der Waals surface area contributed by atoms with Gasteiger partial charge in [0.15, 0.2) is 0 Å². The van der Waals surface area contributed by atoms with Gasteiger partial charge in [-0.1, -0.05) is 12.1 Å². The largest absolute Gasteiger partial charge is 0.507 e. The van der Waals surface area contributed by atoms with E-state index in [9.17, 15) is 14.7 Å². The van der Waals surface area contributed by atoms with Gasteiger partial charge in [-0.2, -0.15) is 0 Å². The standard InChI is InChI=1S/C28H29NO6/c1-5-33-21-11-8-19(9-12-21)16-29-25(23-7-6-14-34-23)24(27(31)28(29)32)26(30)20-10-13-22(18(4)15-20)35-17(2)3/h6-15,17,25,30H,5,16H2,1-4H3/b26-24-. The third kappa shape index (κ3) is 4.94. The highest BCUT2D eigenvalue weighted by atomic mass is 16.5. The molecule has 1 saturated heterocycles. The van der Waals surface area contributed by atoms with Gasteiger partial charge in [0.25, 0.3) is 11.7 Å². The lowest BCUT2D eigenvalue weighted by atomic mass is 9.98. The fourth-order valence-electron chi connectivity index (χ4n) is 4.18. The van der Waals surface area contributed by atoms with Gasteiger partial charge in [0.1, 0.15) is 29.1 Å². The first-order valence-corrected chi connectivity index (χ1v) is 11.6. The van der Waals surface area contributed by atoms with Crippen molar-refractivity contribution in [2.75, 3.05) is 6.61 Å². The van der Waals surface area contributed by atoms with Gasteiger partial charge in [-0.25, -0.2) is 0 Å². The molecule has 35 heavy (non-hydrogen) atoms. The molecule has 1 amide bonds. The first-order valence-electron chi connectivity index (χ1n) is 11.6. The quantitative estimate of drug-likeness (QED) is 0.267. The fraction of sp³-hybridized carbons (Fsp3) is 0.286. The molecule has 1 N–H and O–H groups in total. The SMILES string of the molecule is CCOc1ccc(CN2C(=O)C(=O)/C(=C(\O)c3ccc(OC(C)C)c(C)c3)C2c2ccco2)cc1. The number of aliphatic hydroxyl groups excluding tert-OH is 1. The summed E-state index contributed by atoms with van der Waals surface area (Å²) in [5.41, 5.74) is 2.04. The van der Waals surface area contributed by atoms with Crippen LogP contribution < -0.4 is 9.47 Å². The lowest BCUT2D eigenvalue weighted by molar-refractivity contribution is -0.140. The van der Waals surface area contributed by atoms with Crippen LogP contribution in [-0.2, 0) is 16.1 Å². The molecule has 2 aromatic carbocycles. The first kappa shape index (κ1) is 24.1. The maximum Gasteiger partial charge on any atom is 0.296 e. The van der Waals surface area contributed by atoms with E-state index in [1.807, 2.05) is 52.0 Å². The second-order valence-electron chi connectivity index (χ2n) is 8.67. The second-order valence-corrected chi connectivity index (χ2v) is 8.67. The Labute approximate surface area is 204 Å². The number of nitrogens with zero attached hydrogens (tertiary/aromatic N) is 1. The number of ether oxygens (including phenoxy) is 2. The van der Waals surface area contributed by atoms with Crippen molar-refractivity contribution in [1.29, 1.82) is 0 Å². The van der Waals surface area contributed by atoms with Crippen LogP contribution in [0.2, 0.25) is 0 Å². The van der Waals surface area contributed by atoms with Crippen molar-refractivity contribution < 1.29 is 28.6 Å². The zero-order valence-electron chi connectivity index (χ0n) is 20.3. The number of amides is 1. The van der Waals surface area contributed by atoms with Crippen molar-refractivity contribution >= 4 is 17.4 Å². The monoisotopic (exact) mass is 475 g/mol. The van der Waals surface area contributed by atoms with Crippen LogP contribution in [0, 0.1) is 6.92 Å². The summed E-state index contributed by atoms with van der Waals surface area (Å²) in [5, 5.41) is 11.2. The molecule has 4 rings (SSSR count). The number of aliphatic hydroxyl groups is 1. The van der Waals surface area contributed by atoms with Gasteiger partial charge in [-0.3, -0.25) is 9.59 Å². The van der Waals surface area contributed by atoms with Crippen LogP contribution in [0.15, 0.2) is 70.9 Å². The van der Waals surface area contributed by atoms with Crippen molar-refractivity contribution in [2.45, 2.75) is 46.4 Å². The average Bonchev–Trinajstić information content (AvgIpc) is 3.44. The number of ketones is 1. The highest BCUT2D eigenvalue weighted by Crippen LogP contribution is 2.41. The Morgan fingerprint density at radius 3 is 2.46 bits per heavy atom. The number of likely N-dealkylation sites (tertiary alicyclic amines) is 1. The molecule has 0 radical (unpaired) electrons. The molecule has 2 heterocycles.